The average molecular weight is 376 g/mol. The molecule has 3 rings (SSSR count). The van der Waals surface area contributed by atoms with Crippen molar-refractivity contribution < 1.29 is 4.79 Å². The molecule has 1 unspecified atom stereocenters. The number of aromatic nitrogens is 2. The Labute approximate surface area is 159 Å². The van der Waals surface area contributed by atoms with Gasteiger partial charge in [-0.1, -0.05) is 13.8 Å². The Bertz CT molecular complexity index is 767. The summed E-state index contributed by atoms with van der Waals surface area (Å²) < 4.78 is 0. The van der Waals surface area contributed by atoms with E-state index in [1.54, 1.807) is 6.33 Å². The van der Waals surface area contributed by atoms with Crippen molar-refractivity contribution in [2.45, 2.75) is 46.6 Å². The van der Waals surface area contributed by atoms with Crippen LogP contribution in [0.2, 0.25) is 0 Å². The van der Waals surface area contributed by atoms with Crippen molar-refractivity contribution in [3.05, 3.63) is 16.8 Å². The molecule has 1 aliphatic heterocycles. The predicted molar refractivity (Wildman–Crippen MR) is 108 cm³/mol. The lowest BCUT2D eigenvalue weighted by Gasteiger charge is -2.35. The molecule has 1 aliphatic rings. The van der Waals surface area contributed by atoms with Crippen molar-refractivity contribution in [1.29, 1.82) is 0 Å². The zero-order valence-electron chi connectivity index (χ0n) is 16.2. The molecule has 1 fully saturated rings. The van der Waals surface area contributed by atoms with E-state index in [0.717, 1.165) is 65.6 Å². The van der Waals surface area contributed by atoms with Gasteiger partial charge in [0.15, 0.2) is 0 Å². The van der Waals surface area contributed by atoms with Crippen LogP contribution < -0.4 is 10.2 Å². The molecule has 0 spiro atoms. The van der Waals surface area contributed by atoms with Gasteiger partial charge in [0, 0.05) is 32.2 Å². The molecular formula is C19H29N5OS. The van der Waals surface area contributed by atoms with Gasteiger partial charge in [0.1, 0.15) is 17.0 Å². The van der Waals surface area contributed by atoms with Crippen LogP contribution in [0.1, 0.15) is 48.8 Å². The fraction of sp³-hybridized carbons (Fsp3) is 0.632. The molecule has 142 valence electrons. The van der Waals surface area contributed by atoms with Crippen molar-refractivity contribution in [1.82, 2.24) is 20.2 Å². The van der Waals surface area contributed by atoms with E-state index in [-0.39, 0.29) is 11.9 Å². The Morgan fingerprint density at radius 1 is 1.27 bits per heavy atom. The van der Waals surface area contributed by atoms with Gasteiger partial charge in [0.2, 0.25) is 0 Å². The van der Waals surface area contributed by atoms with Gasteiger partial charge in [-0.05, 0) is 38.8 Å². The quantitative estimate of drug-likeness (QED) is 0.841. The zero-order chi connectivity index (χ0) is 18.7. The minimum atomic E-state index is -0.00133. The third-order valence-corrected chi connectivity index (χ3v) is 6.31. The number of aryl methyl sites for hydroxylation is 1. The van der Waals surface area contributed by atoms with E-state index in [4.69, 9.17) is 0 Å². The molecule has 2 aromatic rings. The fourth-order valence-electron chi connectivity index (χ4n) is 3.40. The van der Waals surface area contributed by atoms with Crippen LogP contribution in [0.3, 0.4) is 0 Å². The number of nitrogens with zero attached hydrogens (tertiary/aromatic N) is 4. The Morgan fingerprint density at radius 3 is 2.65 bits per heavy atom. The summed E-state index contributed by atoms with van der Waals surface area (Å²) in [6, 6.07) is 0.171. The topological polar surface area (TPSA) is 61.4 Å². The van der Waals surface area contributed by atoms with E-state index < -0.39 is 0 Å². The van der Waals surface area contributed by atoms with Crippen molar-refractivity contribution >= 4 is 33.3 Å². The molecule has 26 heavy (non-hydrogen) atoms. The van der Waals surface area contributed by atoms with Gasteiger partial charge in [-0.15, -0.1) is 11.3 Å². The molecule has 2 aromatic heterocycles. The van der Waals surface area contributed by atoms with Gasteiger partial charge in [-0.3, -0.25) is 9.69 Å². The smallest absolute Gasteiger partial charge is 0.261 e. The van der Waals surface area contributed by atoms with Crippen molar-refractivity contribution in [2.75, 3.05) is 37.6 Å². The number of rotatable bonds is 6. The molecule has 1 amide bonds. The monoisotopic (exact) mass is 375 g/mol. The number of anilines is 1. The first kappa shape index (κ1) is 19.0. The molecule has 0 aliphatic carbocycles. The highest BCUT2D eigenvalue weighted by atomic mass is 32.1. The van der Waals surface area contributed by atoms with E-state index in [0.29, 0.717) is 0 Å². The maximum absolute atomic E-state index is 12.6. The number of fused-ring (bicyclic) bond motifs is 1. The summed E-state index contributed by atoms with van der Waals surface area (Å²) in [7, 11) is 0. The van der Waals surface area contributed by atoms with Crippen LogP contribution in [-0.4, -0.2) is 59.5 Å². The zero-order valence-corrected chi connectivity index (χ0v) is 17.0. The Morgan fingerprint density at radius 2 is 2.00 bits per heavy atom. The van der Waals surface area contributed by atoms with Crippen LogP contribution in [0.25, 0.3) is 10.2 Å². The highest BCUT2D eigenvalue weighted by Crippen LogP contribution is 2.35. The van der Waals surface area contributed by atoms with E-state index in [9.17, 15) is 4.79 Å². The maximum atomic E-state index is 12.6. The van der Waals surface area contributed by atoms with E-state index in [2.05, 4.69) is 38.9 Å². The maximum Gasteiger partial charge on any atom is 0.261 e. The second-order valence-corrected chi connectivity index (χ2v) is 8.04. The number of piperazine rings is 1. The van der Waals surface area contributed by atoms with Crippen molar-refractivity contribution in [3.63, 3.8) is 0 Å². The molecule has 3 heterocycles. The van der Waals surface area contributed by atoms with Gasteiger partial charge in [-0.25, -0.2) is 9.97 Å². The molecule has 0 bridgehead atoms. The highest BCUT2D eigenvalue weighted by Gasteiger charge is 2.24. The van der Waals surface area contributed by atoms with Gasteiger partial charge in [0.05, 0.1) is 10.3 Å². The molecule has 0 radical (unpaired) electrons. The van der Waals surface area contributed by atoms with Gasteiger partial charge >= 0.3 is 0 Å². The Hall–Kier alpha value is -1.73. The number of thiophene rings is 1. The lowest BCUT2D eigenvalue weighted by molar-refractivity contribution is 0.0943. The fourth-order valence-corrected chi connectivity index (χ4v) is 4.45. The van der Waals surface area contributed by atoms with E-state index in [1.807, 2.05) is 13.8 Å². The van der Waals surface area contributed by atoms with Gasteiger partial charge in [0.25, 0.3) is 5.91 Å². The molecule has 7 heteroatoms. The normalized spacial score (nSPS) is 16.8. The number of hydrogen-bond acceptors (Lipinski definition) is 6. The van der Waals surface area contributed by atoms with Crippen molar-refractivity contribution in [3.8, 4) is 0 Å². The second-order valence-electron chi connectivity index (χ2n) is 7.05. The van der Waals surface area contributed by atoms with Crippen LogP contribution in [-0.2, 0) is 0 Å². The molecule has 0 saturated carbocycles. The lowest BCUT2D eigenvalue weighted by Crippen LogP contribution is -2.46. The second kappa shape index (κ2) is 8.31. The molecule has 1 N–H and O–H groups in total. The summed E-state index contributed by atoms with van der Waals surface area (Å²) in [6.45, 7) is 13.6. The first-order valence-electron chi connectivity index (χ1n) is 9.57. The number of hydrogen-bond donors (Lipinski definition) is 1. The summed E-state index contributed by atoms with van der Waals surface area (Å²) >= 11 is 1.47. The molecule has 1 saturated heterocycles. The lowest BCUT2D eigenvalue weighted by atomic mass is 10.1. The van der Waals surface area contributed by atoms with Gasteiger partial charge in [-0.2, -0.15) is 0 Å². The van der Waals surface area contributed by atoms with Crippen LogP contribution in [0.5, 0.6) is 0 Å². The number of carbonyl (C=O) groups excluding carboxylic acids is 1. The number of amides is 1. The third-order valence-electron chi connectivity index (χ3n) is 5.11. The van der Waals surface area contributed by atoms with Crippen LogP contribution in [0.4, 0.5) is 5.82 Å². The largest absolute Gasteiger partial charge is 0.353 e. The van der Waals surface area contributed by atoms with Crippen LogP contribution >= 0.6 is 11.3 Å². The molecular weight excluding hydrogens is 346 g/mol. The molecule has 1 atom stereocenters. The highest BCUT2D eigenvalue weighted by molar-refractivity contribution is 7.20. The van der Waals surface area contributed by atoms with Crippen molar-refractivity contribution in [2.24, 2.45) is 0 Å². The summed E-state index contributed by atoms with van der Waals surface area (Å²) in [5.41, 5.74) is 0.998. The average Bonchev–Trinajstić information content (AvgIpc) is 2.99. The summed E-state index contributed by atoms with van der Waals surface area (Å²) in [4.78, 5) is 28.2. The first-order chi connectivity index (χ1) is 12.5. The Balaban J connectivity index is 1.87. The minimum Gasteiger partial charge on any atom is -0.353 e. The first-order valence-corrected chi connectivity index (χ1v) is 10.4. The predicted octanol–water partition coefficient (Wildman–Crippen LogP) is 3.06. The summed E-state index contributed by atoms with van der Waals surface area (Å²) in [6.07, 6.45) is 3.74. The van der Waals surface area contributed by atoms with Gasteiger partial charge < -0.3 is 10.2 Å². The molecule has 0 aromatic carbocycles. The molecule has 6 nitrogen and oxygen atoms in total. The number of carbonyl (C=O) groups is 1. The Kier molecular flexibility index (Phi) is 6.09. The summed E-state index contributed by atoms with van der Waals surface area (Å²) in [5.74, 6) is 0.973. The van der Waals surface area contributed by atoms with E-state index >= 15 is 0 Å². The minimum absolute atomic E-state index is 0.00133. The standard InChI is InChI=1S/C19H29N5OS/c1-5-7-23-8-10-24(11-9-23)17-15-14(4)16(18(25)22-13(3)6-2)26-19(15)21-12-20-17/h12-13H,5-11H2,1-4H3,(H,22,25). The third kappa shape index (κ3) is 3.83. The number of nitrogens with one attached hydrogen (secondary N) is 1. The van der Waals surface area contributed by atoms with Crippen LogP contribution in [0, 0.1) is 6.92 Å². The summed E-state index contributed by atoms with van der Waals surface area (Å²) in [5, 5.41) is 4.11. The van der Waals surface area contributed by atoms with Crippen LogP contribution in [0.15, 0.2) is 6.33 Å². The van der Waals surface area contributed by atoms with E-state index in [1.165, 1.54) is 17.8 Å². The SMILES string of the molecule is CCCN1CCN(c2ncnc3sc(C(=O)NC(C)CC)c(C)c23)CC1.